The van der Waals surface area contributed by atoms with Crippen LogP contribution in [0.3, 0.4) is 0 Å². The summed E-state index contributed by atoms with van der Waals surface area (Å²) in [6.45, 7) is 6.11. The van der Waals surface area contributed by atoms with E-state index in [-0.39, 0.29) is 5.76 Å². The highest BCUT2D eigenvalue weighted by Crippen LogP contribution is 2.42. The van der Waals surface area contributed by atoms with Crippen LogP contribution in [0.25, 0.3) is 0 Å². The van der Waals surface area contributed by atoms with E-state index in [1.807, 2.05) is 50.2 Å². The van der Waals surface area contributed by atoms with Gasteiger partial charge in [0.25, 0.3) is 0 Å². The normalized spacial score (nSPS) is 19.6. The van der Waals surface area contributed by atoms with Crippen molar-refractivity contribution in [1.82, 2.24) is 0 Å². The molecule has 0 fully saturated rings. The number of hydrogen-bond acceptors (Lipinski definition) is 4. The summed E-state index contributed by atoms with van der Waals surface area (Å²) in [6, 6.07) is 16.3. The van der Waals surface area contributed by atoms with Crippen molar-refractivity contribution in [2.75, 3.05) is 0 Å². The maximum absolute atomic E-state index is 12.8. The number of aliphatic hydroxyl groups excluding tert-OH is 1. The fourth-order valence-corrected chi connectivity index (χ4v) is 4.70. The first kappa shape index (κ1) is 20.5. The molecular weight excluding hydrogens is 368 g/mol. The Morgan fingerprint density at radius 3 is 2.54 bits per heavy atom. The Morgan fingerprint density at radius 2 is 1.86 bits per heavy atom. The molecule has 3 nitrogen and oxygen atoms in total. The average molecular weight is 397 g/mol. The molecule has 2 aromatic carbocycles. The van der Waals surface area contributed by atoms with Gasteiger partial charge >= 0.3 is 5.97 Å². The first-order valence-electron chi connectivity index (χ1n) is 9.87. The van der Waals surface area contributed by atoms with Crippen LogP contribution in [0.1, 0.15) is 49.3 Å². The van der Waals surface area contributed by atoms with Gasteiger partial charge in [-0.2, -0.15) is 0 Å². The molecule has 0 aromatic heterocycles. The van der Waals surface area contributed by atoms with Gasteiger partial charge in [-0.15, -0.1) is 0 Å². The molecule has 1 atom stereocenters. The lowest BCUT2D eigenvalue weighted by atomic mass is 9.85. The first-order chi connectivity index (χ1) is 13.4. The number of hydrogen-bond donors (Lipinski definition) is 1. The van der Waals surface area contributed by atoms with E-state index in [1.165, 1.54) is 17.3 Å². The molecular formula is C24H28O3S. The van der Waals surface area contributed by atoms with Gasteiger partial charge in [0, 0.05) is 11.3 Å². The van der Waals surface area contributed by atoms with Gasteiger partial charge in [-0.05, 0) is 55.9 Å². The van der Waals surface area contributed by atoms with Crippen molar-refractivity contribution < 1.29 is 14.6 Å². The van der Waals surface area contributed by atoms with Gasteiger partial charge in [-0.25, -0.2) is 4.79 Å². The Kier molecular flexibility index (Phi) is 6.50. The van der Waals surface area contributed by atoms with E-state index in [9.17, 15) is 9.90 Å². The third kappa shape index (κ3) is 4.79. The van der Waals surface area contributed by atoms with Crippen molar-refractivity contribution in [3.05, 3.63) is 75.9 Å². The molecule has 148 valence electrons. The number of rotatable bonds is 7. The second kappa shape index (κ2) is 8.87. The monoisotopic (exact) mass is 396 g/mol. The van der Waals surface area contributed by atoms with Gasteiger partial charge in [0.05, 0.1) is 0 Å². The maximum Gasteiger partial charge on any atom is 0.349 e. The highest BCUT2D eigenvalue weighted by molar-refractivity contribution is 8.04. The standard InChI is InChI=1S/C24H28O3S/c1-4-13-24(14-12-19-8-6-5-7-9-19)16-20(25)22(23(26)27-24)28-21-15-17(2)10-11-18(21)3/h5-11,15,25H,4,12-14,16H2,1-3H3. The van der Waals surface area contributed by atoms with Crippen LogP contribution in [0.5, 0.6) is 0 Å². The van der Waals surface area contributed by atoms with E-state index in [0.717, 1.165) is 35.3 Å². The van der Waals surface area contributed by atoms with Crippen LogP contribution in [-0.4, -0.2) is 16.7 Å². The molecule has 28 heavy (non-hydrogen) atoms. The lowest BCUT2D eigenvalue weighted by Gasteiger charge is -2.37. The highest BCUT2D eigenvalue weighted by Gasteiger charge is 2.41. The van der Waals surface area contributed by atoms with Crippen LogP contribution in [-0.2, 0) is 16.0 Å². The summed E-state index contributed by atoms with van der Waals surface area (Å²) in [5.74, 6) is -0.250. The van der Waals surface area contributed by atoms with Crippen LogP contribution in [0.15, 0.2) is 64.1 Å². The van der Waals surface area contributed by atoms with E-state index in [4.69, 9.17) is 4.74 Å². The largest absolute Gasteiger partial charge is 0.511 e. The number of aliphatic hydroxyl groups is 1. The molecule has 3 rings (SSSR count). The minimum atomic E-state index is -0.628. The molecule has 1 aliphatic heterocycles. The minimum absolute atomic E-state index is 0.156. The second-order valence-corrected chi connectivity index (χ2v) is 8.68. The van der Waals surface area contributed by atoms with Crippen LogP contribution in [0, 0.1) is 13.8 Å². The molecule has 4 heteroatoms. The van der Waals surface area contributed by atoms with Crippen molar-refractivity contribution in [3.8, 4) is 0 Å². The third-order valence-corrected chi connectivity index (χ3v) is 6.49. The van der Waals surface area contributed by atoms with Crippen LogP contribution in [0.2, 0.25) is 0 Å². The number of esters is 1. The van der Waals surface area contributed by atoms with Crippen molar-refractivity contribution >= 4 is 17.7 Å². The molecule has 1 unspecified atom stereocenters. The summed E-state index contributed by atoms with van der Waals surface area (Å²) >= 11 is 1.31. The van der Waals surface area contributed by atoms with Crippen molar-refractivity contribution in [1.29, 1.82) is 0 Å². The number of benzene rings is 2. The molecule has 0 aliphatic carbocycles. The molecule has 1 heterocycles. The third-order valence-electron chi connectivity index (χ3n) is 5.22. The Bertz CT molecular complexity index is 873. The Hall–Kier alpha value is -2.20. The van der Waals surface area contributed by atoms with E-state index in [1.54, 1.807) is 0 Å². The van der Waals surface area contributed by atoms with Gasteiger partial charge in [0.1, 0.15) is 16.3 Å². The summed E-state index contributed by atoms with van der Waals surface area (Å²) in [6.07, 6.45) is 3.56. The smallest absolute Gasteiger partial charge is 0.349 e. The summed E-state index contributed by atoms with van der Waals surface area (Å²) < 4.78 is 5.98. The van der Waals surface area contributed by atoms with E-state index in [0.29, 0.717) is 17.7 Å². The fraction of sp³-hybridized carbons (Fsp3) is 0.375. The molecule has 0 saturated carbocycles. The predicted octanol–water partition coefficient (Wildman–Crippen LogP) is 6.28. The van der Waals surface area contributed by atoms with E-state index >= 15 is 0 Å². The molecule has 0 bridgehead atoms. The zero-order valence-electron chi connectivity index (χ0n) is 16.8. The molecule has 0 spiro atoms. The van der Waals surface area contributed by atoms with Crippen molar-refractivity contribution in [3.63, 3.8) is 0 Å². The van der Waals surface area contributed by atoms with Gasteiger partial charge in [-0.1, -0.05) is 67.6 Å². The number of aryl methyl sites for hydroxylation is 3. The lowest BCUT2D eigenvalue weighted by Crippen LogP contribution is -2.40. The first-order valence-corrected chi connectivity index (χ1v) is 10.7. The summed E-state index contributed by atoms with van der Waals surface area (Å²) in [5, 5.41) is 10.8. The van der Waals surface area contributed by atoms with Gasteiger partial charge in [-0.3, -0.25) is 0 Å². The SMILES string of the molecule is CCCC1(CCc2ccccc2)CC(O)=C(Sc2cc(C)ccc2C)C(=O)O1. The maximum atomic E-state index is 12.8. The second-order valence-electron chi connectivity index (χ2n) is 7.63. The molecule has 1 N–H and O–H groups in total. The van der Waals surface area contributed by atoms with Crippen LogP contribution < -0.4 is 0 Å². The zero-order valence-corrected chi connectivity index (χ0v) is 17.6. The van der Waals surface area contributed by atoms with Gasteiger partial charge < -0.3 is 9.84 Å². The summed E-state index contributed by atoms with van der Waals surface area (Å²) in [4.78, 5) is 14.1. The molecule has 0 amide bonds. The minimum Gasteiger partial charge on any atom is -0.511 e. The van der Waals surface area contributed by atoms with E-state index in [2.05, 4.69) is 19.1 Å². The summed E-state index contributed by atoms with van der Waals surface area (Å²) in [7, 11) is 0. The van der Waals surface area contributed by atoms with Crippen molar-refractivity contribution in [2.24, 2.45) is 0 Å². The molecule has 2 aromatic rings. The van der Waals surface area contributed by atoms with Gasteiger partial charge in [0.2, 0.25) is 0 Å². The number of cyclic esters (lactones) is 1. The zero-order chi connectivity index (χ0) is 20.1. The van der Waals surface area contributed by atoms with Crippen molar-refractivity contribution in [2.45, 2.75) is 63.4 Å². The Balaban J connectivity index is 1.81. The quantitative estimate of drug-likeness (QED) is 0.559. The van der Waals surface area contributed by atoms with E-state index < -0.39 is 11.6 Å². The predicted molar refractivity (Wildman–Crippen MR) is 115 cm³/mol. The van der Waals surface area contributed by atoms with Crippen LogP contribution >= 0.6 is 11.8 Å². The number of ether oxygens (including phenoxy) is 1. The molecule has 0 radical (unpaired) electrons. The average Bonchev–Trinajstić information content (AvgIpc) is 2.67. The number of carbonyl (C=O) groups excluding carboxylic acids is 1. The number of thioether (sulfide) groups is 1. The molecule has 0 saturated heterocycles. The highest BCUT2D eigenvalue weighted by atomic mass is 32.2. The Morgan fingerprint density at radius 1 is 1.11 bits per heavy atom. The molecule has 1 aliphatic rings. The Labute approximate surface area is 171 Å². The topological polar surface area (TPSA) is 46.5 Å². The van der Waals surface area contributed by atoms with Crippen LogP contribution in [0.4, 0.5) is 0 Å². The summed E-state index contributed by atoms with van der Waals surface area (Å²) in [5.41, 5.74) is 2.80. The number of carbonyl (C=O) groups is 1. The van der Waals surface area contributed by atoms with Gasteiger partial charge in [0.15, 0.2) is 0 Å². The lowest BCUT2D eigenvalue weighted by molar-refractivity contribution is -0.159. The fourth-order valence-electron chi connectivity index (χ4n) is 3.69.